The highest BCUT2D eigenvalue weighted by molar-refractivity contribution is 14.1. The first-order chi connectivity index (χ1) is 9.50. The molecule has 0 saturated carbocycles. The van der Waals surface area contributed by atoms with E-state index in [4.69, 9.17) is 4.42 Å². The van der Waals surface area contributed by atoms with Gasteiger partial charge in [0.15, 0.2) is 0 Å². The molecule has 1 amide bonds. The molecule has 0 aliphatic heterocycles. The number of hydrogen-bond acceptors (Lipinski definition) is 3. The zero-order chi connectivity index (χ0) is 14.7. The Bertz CT molecular complexity index is 558. The van der Waals surface area contributed by atoms with E-state index in [1.54, 1.807) is 29.1 Å². The minimum Gasteiger partial charge on any atom is -0.469 e. The molecule has 1 unspecified atom stereocenters. The molecule has 6 heteroatoms. The number of rotatable bonds is 5. The third kappa shape index (κ3) is 3.23. The Morgan fingerprint density at radius 2 is 2.35 bits per heavy atom. The number of carbonyl (C=O) groups excluding carboxylic acids is 1. The van der Waals surface area contributed by atoms with Gasteiger partial charge in [0, 0.05) is 26.6 Å². The second-order valence-electron chi connectivity index (χ2n) is 4.85. The van der Waals surface area contributed by atoms with Crippen LogP contribution in [-0.4, -0.2) is 33.7 Å². The van der Waals surface area contributed by atoms with Crippen LogP contribution in [-0.2, 0) is 13.5 Å². The molecule has 1 atom stereocenters. The van der Waals surface area contributed by atoms with Gasteiger partial charge in [0.05, 0.1) is 16.0 Å². The number of carbonyl (C=O) groups is 1. The zero-order valence-electron chi connectivity index (χ0n) is 11.8. The molecule has 5 nitrogen and oxygen atoms in total. The summed E-state index contributed by atoms with van der Waals surface area (Å²) in [5, 5.41) is 4.11. The summed E-state index contributed by atoms with van der Waals surface area (Å²) in [6.45, 7) is 2.05. The van der Waals surface area contributed by atoms with Crippen LogP contribution in [0, 0.1) is 3.57 Å². The highest BCUT2D eigenvalue weighted by atomic mass is 127. The van der Waals surface area contributed by atoms with Gasteiger partial charge in [-0.3, -0.25) is 9.48 Å². The van der Waals surface area contributed by atoms with Crippen molar-refractivity contribution in [3.05, 3.63) is 39.6 Å². The fourth-order valence-corrected chi connectivity index (χ4v) is 2.72. The van der Waals surface area contributed by atoms with E-state index in [1.807, 2.05) is 26.1 Å². The Morgan fingerprint density at radius 3 is 2.90 bits per heavy atom. The van der Waals surface area contributed by atoms with Crippen molar-refractivity contribution >= 4 is 28.5 Å². The molecule has 108 valence electrons. The Kier molecular flexibility index (Phi) is 4.85. The molecule has 2 heterocycles. The van der Waals surface area contributed by atoms with Gasteiger partial charge in [-0.15, -0.1) is 0 Å². The molecule has 0 aliphatic carbocycles. The van der Waals surface area contributed by atoms with Crippen LogP contribution in [0.5, 0.6) is 0 Å². The third-order valence-electron chi connectivity index (χ3n) is 3.47. The highest BCUT2D eigenvalue weighted by Gasteiger charge is 2.22. The van der Waals surface area contributed by atoms with Gasteiger partial charge < -0.3 is 9.32 Å². The molecule has 0 bridgehead atoms. The Balaban J connectivity index is 1.99. The highest BCUT2D eigenvalue weighted by Crippen LogP contribution is 2.16. The topological polar surface area (TPSA) is 51.3 Å². The average molecular weight is 387 g/mol. The van der Waals surface area contributed by atoms with Crippen molar-refractivity contribution in [3.63, 3.8) is 0 Å². The monoisotopic (exact) mass is 387 g/mol. The van der Waals surface area contributed by atoms with Crippen LogP contribution in [0.3, 0.4) is 0 Å². The van der Waals surface area contributed by atoms with Gasteiger partial charge in [0.2, 0.25) is 0 Å². The van der Waals surface area contributed by atoms with Gasteiger partial charge in [-0.1, -0.05) is 0 Å². The van der Waals surface area contributed by atoms with Crippen molar-refractivity contribution in [2.45, 2.75) is 25.8 Å². The molecule has 0 aliphatic rings. The van der Waals surface area contributed by atoms with Crippen LogP contribution in [0.15, 0.2) is 29.0 Å². The van der Waals surface area contributed by atoms with E-state index in [0.717, 1.165) is 22.2 Å². The first-order valence-corrected chi connectivity index (χ1v) is 7.55. The van der Waals surface area contributed by atoms with Gasteiger partial charge in [-0.05, 0) is 48.1 Å². The van der Waals surface area contributed by atoms with E-state index in [9.17, 15) is 4.79 Å². The lowest BCUT2D eigenvalue weighted by Crippen LogP contribution is -2.36. The number of aromatic nitrogens is 2. The minimum atomic E-state index is 0.00125. The number of hydrogen-bond donors (Lipinski definition) is 0. The summed E-state index contributed by atoms with van der Waals surface area (Å²) in [7, 11) is 3.62. The fraction of sp³-hybridized carbons (Fsp3) is 0.429. The van der Waals surface area contributed by atoms with Crippen LogP contribution < -0.4 is 0 Å². The van der Waals surface area contributed by atoms with Crippen LogP contribution in [0.1, 0.15) is 29.6 Å². The molecule has 0 fully saturated rings. The predicted octanol–water partition coefficient (Wildman–Crippen LogP) is 2.71. The second kappa shape index (κ2) is 6.43. The molecule has 20 heavy (non-hydrogen) atoms. The van der Waals surface area contributed by atoms with Crippen molar-refractivity contribution in [3.8, 4) is 0 Å². The van der Waals surface area contributed by atoms with E-state index < -0.39 is 0 Å². The standard InChI is InChI=1S/C14H18IN3O2/c1-10(6-7-11-5-4-8-20-11)17(2)14(19)13-12(15)9-16-18(13)3/h4-5,8-10H,6-7H2,1-3H3. The Labute approximate surface area is 132 Å². The maximum absolute atomic E-state index is 12.5. The van der Waals surface area contributed by atoms with Gasteiger partial charge in [0.25, 0.3) is 5.91 Å². The maximum atomic E-state index is 12.5. The van der Waals surface area contributed by atoms with Gasteiger partial charge in [-0.25, -0.2) is 0 Å². The minimum absolute atomic E-state index is 0.00125. The number of nitrogens with zero attached hydrogens (tertiary/aromatic N) is 3. The van der Waals surface area contributed by atoms with Crippen molar-refractivity contribution in [1.29, 1.82) is 0 Å². The average Bonchev–Trinajstić information content (AvgIpc) is 3.05. The van der Waals surface area contributed by atoms with Crippen LogP contribution in [0.4, 0.5) is 0 Å². The fourth-order valence-electron chi connectivity index (χ4n) is 2.02. The molecule has 2 aromatic rings. The number of furan rings is 1. The lowest BCUT2D eigenvalue weighted by Gasteiger charge is -2.25. The van der Waals surface area contributed by atoms with Gasteiger partial charge >= 0.3 is 0 Å². The number of aryl methyl sites for hydroxylation is 2. The molecule has 0 radical (unpaired) electrons. The molecule has 0 saturated heterocycles. The zero-order valence-corrected chi connectivity index (χ0v) is 14.0. The third-order valence-corrected chi connectivity index (χ3v) is 4.26. The molecular formula is C14H18IN3O2. The van der Waals surface area contributed by atoms with E-state index in [-0.39, 0.29) is 11.9 Å². The van der Waals surface area contributed by atoms with E-state index >= 15 is 0 Å². The van der Waals surface area contributed by atoms with Crippen LogP contribution in [0.25, 0.3) is 0 Å². The first-order valence-electron chi connectivity index (χ1n) is 6.47. The first kappa shape index (κ1) is 15.1. The molecule has 0 N–H and O–H groups in total. The normalized spacial score (nSPS) is 12.4. The Hall–Kier alpha value is -1.31. The summed E-state index contributed by atoms with van der Waals surface area (Å²) in [6, 6.07) is 3.98. The smallest absolute Gasteiger partial charge is 0.273 e. The van der Waals surface area contributed by atoms with Crippen LogP contribution in [0.2, 0.25) is 0 Å². The van der Waals surface area contributed by atoms with E-state index in [2.05, 4.69) is 27.7 Å². The number of amides is 1. The molecule has 0 aromatic carbocycles. The number of halogens is 1. The van der Waals surface area contributed by atoms with Crippen LogP contribution >= 0.6 is 22.6 Å². The van der Waals surface area contributed by atoms with E-state index in [1.165, 1.54) is 0 Å². The van der Waals surface area contributed by atoms with Crippen molar-refractivity contribution < 1.29 is 9.21 Å². The van der Waals surface area contributed by atoms with Crippen molar-refractivity contribution in [1.82, 2.24) is 14.7 Å². The lowest BCUT2D eigenvalue weighted by atomic mass is 10.1. The largest absolute Gasteiger partial charge is 0.469 e. The Morgan fingerprint density at radius 1 is 1.60 bits per heavy atom. The maximum Gasteiger partial charge on any atom is 0.273 e. The lowest BCUT2D eigenvalue weighted by molar-refractivity contribution is 0.0724. The molecule has 2 aromatic heterocycles. The molecule has 2 rings (SSSR count). The van der Waals surface area contributed by atoms with Gasteiger partial charge in [-0.2, -0.15) is 5.10 Å². The summed E-state index contributed by atoms with van der Waals surface area (Å²) in [5.41, 5.74) is 0.637. The van der Waals surface area contributed by atoms with E-state index in [0.29, 0.717) is 5.69 Å². The SMILES string of the molecule is CC(CCc1ccco1)N(C)C(=O)c1c(I)cnn1C. The quantitative estimate of drug-likeness (QED) is 0.742. The van der Waals surface area contributed by atoms with Crippen molar-refractivity contribution in [2.24, 2.45) is 7.05 Å². The van der Waals surface area contributed by atoms with Gasteiger partial charge in [0.1, 0.15) is 11.5 Å². The molecular weight excluding hydrogens is 369 g/mol. The summed E-state index contributed by atoms with van der Waals surface area (Å²) < 4.78 is 7.82. The predicted molar refractivity (Wildman–Crippen MR) is 84.5 cm³/mol. The summed E-state index contributed by atoms with van der Waals surface area (Å²) in [5.74, 6) is 0.953. The molecule has 0 spiro atoms. The summed E-state index contributed by atoms with van der Waals surface area (Å²) in [4.78, 5) is 14.3. The van der Waals surface area contributed by atoms with Crippen molar-refractivity contribution in [2.75, 3.05) is 7.05 Å². The second-order valence-corrected chi connectivity index (χ2v) is 6.01. The summed E-state index contributed by atoms with van der Waals surface area (Å²) >= 11 is 2.14. The summed E-state index contributed by atoms with van der Waals surface area (Å²) in [6.07, 6.45) is 5.07.